The summed E-state index contributed by atoms with van der Waals surface area (Å²) < 4.78 is 11.3. The highest BCUT2D eigenvalue weighted by Crippen LogP contribution is 2.37. The summed E-state index contributed by atoms with van der Waals surface area (Å²) in [6.45, 7) is 7.74. The largest absolute Gasteiger partial charge is 0.490 e. The van der Waals surface area contributed by atoms with E-state index in [1.165, 1.54) is 6.21 Å². The Morgan fingerprint density at radius 3 is 2.80 bits per heavy atom. The van der Waals surface area contributed by atoms with Gasteiger partial charge in [0, 0.05) is 0 Å². The standard InChI is InChI=1S/C16H20ClN5O3/c1-5-24-13-7-11(6-12(17)14(13)25-9(2)3)8-18-21-16-19-15(23)10(4)20-22-16/h6-9H,5H2,1-4H3,(H2,19,21,22,23)/b18-8+. The molecular weight excluding hydrogens is 346 g/mol. The molecule has 8 nitrogen and oxygen atoms in total. The van der Waals surface area contributed by atoms with Crippen LogP contribution in [0.2, 0.25) is 5.02 Å². The third kappa shape index (κ3) is 5.18. The van der Waals surface area contributed by atoms with E-state index in [1.54, 1.807) is 19.1 Å². The second-order valence-corrected chi connectivity index (χ2v) is 5.79. The maximum atomic E-state index is 11.5. The van der Waals surface area contributed by atoms with E-state index in [9.17, 15) is 4.79 Å². The van der Waals surface area contributed by atoms with E-state index < -0.39 is 0 Å². The van der Waals surface area contributed by atoms with E-state index in [0.29, 0.717) is 28.7 Å². The lowest BCUT2D eigenvalue weighted by atomic mass is 10.2. The Bertz CT molecular complexity index is 820. The fourth-order valence-corrected chi connectivity index (χ4v) is 2.15. The van der Waals surface area contributed by atoms with Gasteiger partial charge in [0.2, 0.25) is 5.95 Å². The minimum absolute atomic E-state index is 0.0326. The fraction of sp³-hybridized carbons (Fsp3) is 0.375. The molecule has 0 fully saturated rings. The van der Waals surface area contributed by atoms with Crippen molar-refractivity contribution in [3.63, 3.8) is 0 Å². The van der Waals surface area contributed by atoms with Gasteiger partial charge >= 0.3 is 0 Å². The van der Waals surface area contributed by atoms with E-state index >= 15 is 0 Å². The van der Waals surface area contributed by atoms with Crippen molar-refractivity contribution in [1.29, 1.82) is 0 Å². The zero-order chi connectivity index (χ0) is 18.4. The molecule has 0 aliphatic rings. The zero-order valence-electron chi connectivity index (χ0n) is 14.5. The van der Waals surface area contributed by atoms with E-state index in [0.717, 1.165) is 0 Å². The number of rotatable bonds is 7. The molecule has 1 heterocycles. The van der Waals surface area contributed by atoms with Gasteiger partial charge in [0.1, 0.15) is 5.69 Å². The number of anilines is 1. The van der Waals surface area contributed by atoms with Crippen molar-refractivity contribution in [2.75, 3.05) is 12.0 Å². The van der Waals surface area contributed by atoms with Crippen LogP contribution in [0, 0.1) is 6.92 Å². The molecule has 2 aromatic rings. The van der Waals surface area contributed by atoms with Crippen LogP contribution >= 0.6 is 11.6 Å². The first-order chi connectivity index (χ1) is 11.9. The molecule has 0 atom stereocenters. The number of nitrogens with zero attached hydrogens (tertiary/aromatic N) is 3. The fourth-order valence-electron chi connectivity index (χ4n) is 1.89. The molecule has 134 valence electrons. The molecule has 0 saturated carbocycles. The van der Waals surface area contributed by atoms with Gasteiger partial charge in [-0.3, -0.25) is 9.78 Å². The lowest BCUT2D eigenvalue weighted by molar-refractivity contribution is 0.224. The van der Waals surface area contributed by atoms with E-state index in [2.05, 4.69) is 25.7 Å². The molecule has 0 spiro atoms. The van der Waals surface area contributed by atoms with Crippen molar-refractivity contribution in [2.24, 2.45) is 5.10 Å². The Morgan fingerprint density at radius 1 is 1.40 bits per heavy atom. The number of hydrogen-bond donors (Lipinski definition) is 2. The van der Waals surface area contributed by atoms with Gasteiger partial charge in [-0.2, -0.15) is 5.10 Å². The molecule has 9 heteroatoms. The normalized spacial score (nSPS) is 11.1. The van der Waals surface area contributed by atoms with Gasteiger partial charge in [-0.05, 0) is 45.4 Å². The van der Waals surface area contributed by atoms with Crippen molar-refractivity contribution in [1.82, 2.24) is 15.2 Å². The van der Waals surface area contributed by atoms with Crippen molar-refractivity contribution < 1.29 is 9.47 Å². The van der Waals surface area contributed by atoms with Crippen molar-refractivity contribution in [2.45, 2.75) is 33.8 Å². The molecule has 2 rings (SSSR count). The van der Waals surface area contributed by atoms with Crippen LogP contribution in [-0.2, 0) is 0 Å². The average molecular weight is 366 g/mol. The van der Waals surface area contributed by atoms with Crippen molar-refractivity contribution in [3.05, 3.63) is 38.8 Å². The van der Waals surface area contributed by atoms with Gasteiger partial charge in [-0.25, -0.2) is 5.43 Å². The zero-order valence-corrected chi connectivity index (χ0v) is 15.2. The number of aromatic nitrogens is 3. The Kier molecular flexibility index (Phi) is 6.35. The van der Waals surface area contributed by atoms with E-state index in [1.807, 2.05) is 20.8 Å². The monoisotopic (exact) mass is 365 g/mol. The molecule has 0 unspecified atom stereocenters. The van der Waals surface area contributed by atoms with Crippen LogP contribution < -0.4 is 20.5 Å². The SMILES string of the molecule is CCOc1cc(/C=N/Nc2nnc(C)c(=O)[nH]2)cc(Cl)c1OC(C)C. The maximum absolute atomic E-state index is 11.5. The summed E-state index contributed by atoms with van der Waals surface area (Å²) in [4.78, 5) is 14.0. The molecule has 0 aliphatic carbocycles. The summed E-state index contributed by atoms with van der Waals surface area (Å²) in [5, 5.41) is 11.9. The molecule has 1 aromatic carbocycles. The van der Waals surface area contributed by atoms with Crippen LogP contribution in [0.4, 0.5) is 5.95 Å². The van der Waals surface area contributed by atoms with Gasteiger partial charge in [0.25, 0.3) is 5.56 Å². The van der Waals surface area contributed by atoms with Crippen LogP contribution in [-0.4, -0.2) is 34.1 Å². The molecule has 25 heavy (non-hydrogen) atoms. The van der Waals surface area contributed by atoms with Crippen LogP contribution in [0.1, 0.15) is 32.0 Å². The average Bonchev–Trinajstić information content (AvgIpc) is 2.54. The topological polar surface area (TPSA) is 101 Å². The number of aryl methyl sites for hydroxylation is 1. The third-order valence-corrected chi connectivity index (χ3v) is 3.21. The van der Waals surface area contributed by atoms with Gasteiger partial charge < -0.3 is 9.47 Å². The minimum Gasteiger partial charge on any atom is -0.490 e. The van der Waals surface area contributed by atoms with Gasteiger partial charge in [0.05, 0.1) is 23.9 Å². The van der Waals surface area contributed by atoms with Gasteiger partial charge in [-0.1, -0.05) is 11.6 Å². The summed E-state index contributed by atoms with van der Waals surface area (Å²) in [5.41, 5.74) is 3.25. The van der Waals surface area contributed by atoms with Crippen LogP contribution in [0.25, 0.3) is 0 Å². The minimum atomic E-state index is -0.329. The molecule has 0 aliphatic heterocycles. The molecule has 2 N–H and O–H groups in total. The molecule has 0 radical (unpaired) electrons. The number of aromatic amines is 1. The second kappa shape index (κ2) is 8.48. The number of benzene rings is 1. The second-order valence-electron chi connectivity index (χ2n) is 5.39. The predicted molar refractivity (Wildman–Crippen MR) is 97.0 cm³/mol. The Hall–Kier alpha value is -2.61. The van der Waals surface area contributed by atoms with Crippen molar-refractivity contribution in [3.8, 4) is 11.5 Å². The van der Waals surface area contributed by atoms with Gasteiger partial charge in [-0.15, -0.1) is 10.2 Å². The first kappa shape index (κ1) is 18.7. The quantitative estimate of drug-likeness (QED) is 0.578. The number of H-pyrrole nitrogens is 1. The molecule has 0 amide bonds. The van der Waals surface area contributed by atoms with Crippen LogP contribution in [0.15, 0.2) is 22.0 Å². The van der Waals surface area contributed by atoms with Crippen LogP contribution in [0.5, 0.6) is 11.5 Å². The lowest BCUT2D eigenvalue weighted by Gasteiger charge is -2.16. The molecule has 1 aromatic heterocycles. The first-order valence-electron chi connectivity index (χ1n) is 7.76. The molecule has 0 bridgehead atoms. The summed E-state index contributed by atoms with van der Waals surface area (Å²) in [7, 11) is 0. The predicted octanol–water partition coefficient (Wildman–Crippen LogP) is 2.76. The van der Waals surface area contributed by atoms with E-state index in [-0.39, 0.29) is 23.3 Å². The Labute approximate surface area is 150 Å². The van der Waals surface area contributed by atoms with Crippen LogP contribution in [0.3, 0.4) is 0 Å². The molecular formula is C16H20ClN5O3. The first-order valence-corrected chi connectivity index (χ1v) is 8.14. The Morgan fingerprint density at radius 2 is 2.16 bits per heavy atom. The highest BCUT2D eigenvalue weighted by molar-refractivity contribution is 6.32. The Balaban J connectivity index is 2.20. The summed E-state index contributed by atoms with van der Waals surface area (Å²) >= 11 is 6.29. The lowest BCUT2D eigenvalue weighted by Crippen LogP contribution is -2.15. The maximum Gasteiger partial charge on any atom is 0.274 e. The summed E-state index contributed by atoms with van der Waals surface area (Å²) in [6, 6.07) is 3.47. The van der Waals surface area contributed by atoms with Crippen molar-refractivity contribution >= 4 is 23.8 Å². The smallest absolute Gasteiger partial charge is 0.274 e. The number of hydrazone groups is 1. The highest BCUT2D eigenvalue weighted by Gasteiger charge is 2.13. The number of halogens is 1. The number of ether oxygens (including phenoxy) is 2. The van der Waals surface area contributed by atoms with Gasteiger partial charge in [0.15, 0.2) is 11.5 Å². The van der Waals surface area contributed by atoms with E-state index in [4.69, 9.17) is 21.1 Å². The summed E-state index contributed by atoms with van der Waals surface area (Å²) in [6.07, 6.45) is 1.49. The third-order valence-electron chi connectivity index (χ3n) is 2.93. The number of hydrogen-bond acceptors (Lipinski definition) is 7. The summed E-state index contributed by atoms with van der Waals surface area (Å²) in [5.74, 6) is 1.17. The highest BCUT2D eigenvalue weighted by atomic mass is 35.5. The number of nitrogens with one attached hydrogen (secondary N) is 2. The molecule has 0 saturated heterocycles.